The number of amides is 1. The van der Waals surface area contributed by atoms with E-state index < -0.39 is 0 Å². The minimum atomic E-state index is -0.195. The van der Waals surface area contributed by atoms with Crippen molar-refractivity contribution in [1.82, 2.24) is 4.98 Å². The monoisotopic (exact) mass is 267 g/mol. The second-order valence-corrected chi connectivity index (χ2v) is 5.09. The van der Waals surface area contributed by atoms with Crippen LogP contribution in [0, 0.1) is 6.92 Å². The Labute approximate surface area is 107 Å². The predicted octanol–water partition coefficient (Wildman–Crippen LogP) is 2.94. The van der Waals surface area contributed by atoms with Gasteiger partial charge in [0.15, 0.2) is 0 Å². The van der Waals surface area contributed by atoms with Crippen LogP contribution in [0.1, 0.15) is 14.5 Å². The van der Waals surface area contributed by atoms with Gasteiger partial charge in [-0.25, -0.2) is 4.98 Å². The van der Waals surface area contributed by atoms with E-state index in [1.807, 2.05) is 6.92 Å². The normalized spacial score (nSPS) is 10.2. The van der Waals surface area contributed by atoms with Gasteiger partial charge in [0.25, 0.3) is 5.91 Å². The third kappa shape index (κ3) is 2.75. The summed E-state index contributed by atoms with van der Waals surface area (Å²) >= 11 is 7.01. The molecule has 2 rings (SSSR count). The standard InChI is InChI=1S/C11H10ClN3OS/c1-6-8(13)4-9(17-6)11(16)15-7-2-3-10(12)14-5-7/h2-5H,13H2,1H3,(H,15,16). The lowest BCUT2D eigenvalue weighted by molar-refractivity contribution is 0.103. The molecule has 0 aliphatic heterocycles. The first-order valence-electron chi connectivity index (χ1n) is 4.85. The molecule has 0 saturated heterocycles. The van der Waals surface area contributed by atoms with Crippen LogP contribution in [-0.2, 0) is 0 Å². The van der Waals surface area contributed by atoms with Gasteiger partial charge in [-0.3, -0.25) is 4.79 Å². The first kappa shape index (κ1) is 11.9. The van der Waals surface area contributed by atoms with Crippen molar-refractivity contribution in [3.05, 3.63) is 39.3 Å². The third-order valence-corrected chi connectivity index (χ3v) is 3.45. The molecule has 0 atom stereocenters. The second kappa shape index (κ2) is 4.73. The summed E-state index contributed by atoms with van der Waals surface area (Å²) < 4.78 is 0. The quantitative estimate of drug-likeness (QED) is 0.822. The van der Waals surface area contributed by atoms with Crippen molar-refractivity contribution >= 4 is 40.2 Å². The van der Waals surface area contributed by atoms with E-state index in [1.165, 1.54) is 17.5 Å². The molecule has 0 aromatic carbocycles. The Kier molecular flexibility index (Phi) is 3.31. The number of hydrogen-bond donors (Lipinski definition) is 2. The molecule has 4 nitrogen and oxygen atoms in total. The molecule has 2 aromatic heterocycles. The zero-order valence-electron chi connectivity index (χ0n) is 9.03. The van der Waals surface area contributed by atoms with Gasteiger partial charge in [0.05, 0.1) is 16.8 Å². The van der Waals surface area contributed by atoms with E-state index in [-0.39, 0.29) is 5.91 Å². The fourth-order valence-electron chi connectivity index (χ4n) is 1.25. The number of nitrogen functional groups attached to an aromatic ring is 1. The number of nitrogens with zero attached hydrogens (tertiary/aromatic N) is 1. The highest BCUT2D eigenvalue weighted by atomic mass is 35.5. The van der Waals surface area contributed by atoms with Gasteiger partial charge in [0, 0.05) is 10.6 Å². The Morgan fingerprint density at radius 1 is 1.53 bits per heavy atom. The summed E-state index contributed by atoms with van der Waals surface area (Å²) in [4.78, 5) is 17.2. The molecule has 17 heavy (non-hydrogen) atoms. The Morgan fingerprint density at radius 3 is 2.82 bits per heavy atom. The summed E-state index contributed by atoms with van der Waals surface area (Å²) in [6.07, 6.45) is 1.50. The first-order chi connectivity index (χ1) is 8.06. The topological polar surface area (TPSA) is 68.0 Å². The van der Waals surface area contributed by atoms with Gasteiger partial charge in [0.2, 0.25) is 0 Å². The molecule has 0 saturated carbocycles. The smallest absolute Gasteiger partial charge is 0.265 e. The number of rotatable bonds is 2. The average molecular weight is 268 g/mol. The maximum Gasteiger partial charge on any atom is 0.265 e. The van der Waals surface area contributed by atoms with E-state index in [0.717, 1.165) is 4.88 Å². The maximum atomic E-state index is 11.8. The lowest BCUT2D eigenvalue weighted by Crippen LogP contribution is -2.10. The fraction of sp³-hybridized carbons (Fsp3) is 0.0909. The summed E-state index contributed by atoms with van der Waals surface area (Å²) in [6.45, 7) is 1.88. The van der Waals surface area contributed by atoms with E-state index in [9.17, 15) is 4.79 Å². The third-order valence-electron chi connectivity index (χ3n) is 2.17. The maximum absolute atomic E-state index is 11.8. The fourth-order valence-corrected chi connectivity index (χ4v) is 2.20. The molecular formula is C11H10ClN3OS. The highest BCUT2D eigenvalue weighted by Crippen LogP contribution is 2.24. The Hall–Kier alpha value is -1.59. The Balaban J connectivity index is 2.14. The molecule has 0 radical (unpaired) electrons. The highest BCUT2D eigenvalue weighted by Gasteiger charge is 2.11. The van der Waals surface area contributed by atoms with Crippen LogP contribution in [0.3, 0.4) is 0 Å². The summed E-state index contributed by atoms with van der Waals surface area (Å²) in [7, 11) is 0. The van der Waals surface area contributed by atoms with Crippen molar-refractivity contribution < 1.29 is 4.79 Å². The molecular weight excluding hydrogens is 258 g/mol. The SMILES string of the molecule is Cc1sc(C(=O)Nc2ccc(Cl)nc2)cc1N. The van der Waals surface area contributed by atoms with Crippen LogP contribution in [0.5, 0.6) is 0 Å². The van der Waals surface area contributed by atoms with Gasteiger partial charge in [-0.2, -0.15) is 0 Å². The molecule has 0 bridgehead atoms. The number of anilines is 2. The first-order valence-corrected chi connectivity index (χ1v) is 6.04. The number of aryl methyl sites for hydroxylation is 1. The molecule has 0 aliphatic carbocycles. The zero-order chi connectivity index (χ0) is 12.4. The largest absolute Gasteiger partial charge is 0.398 e. The van der Waals surface area contributed by atoms with E-state index in [2.05, 4.69) is 10.3 Å². The number of pyridine rings is 1. The van der Waals surface area contributed by atoms with Crippen LogP contribution >= 0.6 is 22.9 Å². The number of aromatic nitrogens is 1. The number of hydrogen-bond acceptors (Lipinski definition) is 4. The van der Waals surface area contributed by atoms with Gasteiger partial charge in [-0.05, 0) is 25.1 Å². The van der Waals surface area contributed by atoms with Gasteiger partial charge in [0.1, 0.15) is 5.15 Å². The van der Waals surface area contributed by atoms with E-state index >= 15 is 0 Å². The van der Waals surface area contributed by atoms with Gasteiger partial charge < -0.3 is 11.1 Å². The van der Waals surface area contributed by atoms with Crippen LogP contribution in [0.2, 0.25) is 5.15 Å². The van der Waals surface area contributed by atoms with Crippen molar-refractivity contribution in [2.75, 3.05) is 11.1 Å². The van der Waals surface area contributed by atoms with E-state index in [1.54, 1.807) is 18.2 Å². The number of nitrogens with one attached hydrogen (secondary N) is 1. The van der Waals surface area contributed by atoms with Crippen LogP contribution in [0.4, 0.5) is 11.4 Å². The molecule has 0 unspecified atom stereocenters. The highest BCUT2D eigenvalue weighted by molar-refractivity contribution is 7.14. The summed E-state index contributed by atoms with van der Waals surface area (Å²) in [6, 6.07) is 4.97. The van der Waals surface area contributed by atoms with Gasteiger partial charge in [-0.15, -0.1) is 11.3 Å². The number of carbonyl (C=O) groups is 1. The molecule has 88 valence electrons. The summed E-state index contributed by atoms with van der Waals surface area (Å²) in [5.74, 6) is -0.195. The molecule has 3 N–H and O–H groups in total. The molecule has 1 amide bonds. The molecule has 2 heterocycles. The number of halogens is 1. The minimum Gasteiger partial charge on any atom is -0.398 e. The van der Waals surface area contributed by atoms with E-state index in [0.29, 0.717) is 21.4 Å². The lowest BCUT2D eigenvalue weighted by Gasteiger charge is -2.02. The number of carbonyl (C=O) groups excluding carboxylic acids is 1. The Morgan fingerprint density at radius 2 is 2.29 bits per heavy atom. The van der Waals surface area contributed by atoms with Crippen LogP contribution in [-0.4, -0.2) is 10.9 Å². The van der Waals surface area contributed by atoms with Crippen LogP contribution < -0.4 is 11.1 Å². The number of nitrogens with two attached hydrogens (primary N) is 1. The molecule has 0 fully saturated rings. The average Bonchev–Trinajstić information content (AvgIpc) is 2.63. The Bertz CT molecular complexity index is 531. The number of thiophene rings is 1. The van der Waals surface area contributed by atoms with Crippen molar-refractivity contribution in [3.63, 3.8) is 0 Å². The molecule has 0 aliphatic rings. The van der Waals surface area contributed by atoms with Crippen LogP contribution in [0.25, 0.3) is 0 Å². The van der Waals surface area contributed by atoms with Gasteiger partial charge >= 0.3 is 0 Å². The molecule has 0 spiro atoms. The van der Waals surface area contributed by atoms with Crippen molar-refractivity contribution in [3.8, 4) is 0 Å². The summed E-state index contributed by atoms with van der Waals surface area (Å²) in [5, 5.41) is 3.11. The van der Waals surface area contributed by atoms with Crippen molar-refractivity contribution in [2.45, 2.75) is 6.92 Å². The zero-order valence-corrected chi connectivity index (χ0v) is 10.6. The molecule has 2 aromatic rings. The summed E-state index contributed by atoms with van der Waals surface area (Å²) in [5.41, 5.74) is 6.93. The van der Waals surface area contributed by atoms with Crippen molar-refractivity contribution in [2.24, 2.45) is 0 Å². The van der Waals surface area contributed by atoms with Crippen molar-refractivity contribution in [1.29, 1.82) is 0 Å². The lowest BCUT2D eigenvalue weighted by atomic mass is 10.3. The van der Waals surface area contributed by atoms with E-state index in [4.69, 9.17) is 17.3 Å². The predicted molar refractivity (Wildman–Crippen MR) is 70.7 cm³/mol. The minimum absolute atomic E-state index is 0.195. The van der Waals surface area contributed by atoms with Crippen LogP contribution in [0.15, 0.2) is 24.4 Å². The molecule has 6 heteroatoms. The van der Waals surface area contributed by atoms with Gasteiger partial charge in [-0.1, -0.05) is 11.6 Å². The second-order valence-electron chi connectivity index (χ2n) is 3.45.